The standard InChI is InChI=1S/C20H14FNO5/c1-2-8-22-18(24)15-7-6-13(10-16(15)19(22)25)20(26)27-11-17(23)12-4-3-5-14(21)9-12/h2-7,9-10H,1,8,11H2. The number of benzene rings is 2. The molecule has 0 radical (unpaired) electrons. The normalized spacial score (nSPS) is 12.7. The lowest BCUT2D eigenvalue weighted by Crippen LogP contribution is -2.29. The van der Waals surface area contributed by atoms with Crippen molar-refractivity contribution in [1.29, 1.82) is 0 Å². The first-order chi connectivity index (χ1) is 12.9. The minimum Gasteiger partial charge on any atom is -0.454 e. The van der Waals surface area contributed by atoms with E-state index in [4.69, 9.17) is 4.74 Å². The molecular formula is C20H14FNO5. The fourth-order valence-electron chi connectivity index (χ4n) is 2.67. The number of halogens is 1. The second-order valence-corrected chi connectivity index (χ2v) is 5.78. The van der Waals surface area contributed by atoms with Crippen LogP contribution < -0.4 is 0 Å². The van der Waals surface area contributed by atoms with E-state index in [-0.39, 0.29) is 28.8 Å². The van der Waals surface area contributed by atoms with Gasteiger partial charge in [-0.25, -0.2) is 9.18 Å². The summed E-state index contributed by atoms with van der Waals surface area (Å²) in [5.74, 6) is -2.95. The number of ketones is 1. The summed E-state index contributed by atoms with van der Waals surface area (Å²) in [4.78, 5) is 49.6. The van der Waals surface area contributed by atoms with E-state index < -0.39 is 36.0 Å². The molecule has 0 saturated heterocycles. The van der Waals surface area contributed by atoms with Crippen LogP contribution in [0.1, 0.15) is 41.4 Å². The highest BCUT2D eigenvalue weighted by Gasteiger charge is 2.35. The fraction of sp³-hybridized carbons (Fsp3) is 0.100. The second kappa shape index (κ2) is 7.33. The highest BCUT2D eigenvalue weighted by Crippen LogP contribution is 2.24. The molecule has 0 atom stereocenters. The highest BCUT2D eigenvalue weighted by atomic mass is 19.1. The number of hydrogen-bond donors (Lipinski definition) is 0. The van der Waals surface area contributed by atoms with Crippen molar-refractivity contribution in [2.75, 3.05) is 13.2 Å². The number of carbonyl (C=O) groups is 4. The first kappa shape index (κ1) is 18.2. The van der Waals surface area contributed by atoms with Crippen LogP contribution in [0.25, 0.3) is 0 Å². The zero-order valence-electron chi connectivity index (χ0n) is 14.1. The third-order valence-electron chi connectivity index (χ3n) is 4.00. The smallest absolute Gasteiger partial charge is 0.338 e. The van der Waals surface area contributed by atoms with Crippen molar-refractivity contribution in [3.8, 4) is 0 Å². The Kier molecular flexibility index (Phi) is 4.94. The molecule has 3 rings (SSSR count). The number of hydrogen-bond acceptors (Lipinski definition) is 5. The molecule has 2 aromatic rings. The molecule has 0 fully saturated rings. The molecule has 0 saturated carbocycles. The van der Waals surface area contributed by atoms with Gasteiger partial charge in [-0.05, 0) is 30.3 Å². The van der Waals surface area contributed by atoms with E-state index in [1.165, 1.54) is 42.5 Å². The van der Waals surface area contributed by atoms with E-state index in [2.05, 4.69) is 6.58 Å². The number of carbonyl (C=O) groups excluding carboxylic acids is 4. The van der Waals surface area contributed by atoms with Crippen LogP contribution in [0, 0.1) is 5.82 Å². The van der Waals surface area contributed by atoms with Gasteiger partial charge in [-0.2, -0.15) is 0 Å². The van der Waals surface area contributed by atoms with Crippen molar-refractivity contribution in [2.24, 2.45) is 0 Å². The van der Waals surface area contributed by atoms with Gasteiger partial charge in [0.05, 0.1) is 16.7 Å². The van der Waals surface area contributed by atoms with Crippen LogP contribution in [0.2, 0.25) is 0 Å². The van der Waals surface area contributed by atoms with Crippen LogP contribution in [0.15, 0.2) is 55.1 Å². The number of esters is 1. The zero-order chi connectivity index (χ0) is 19.6. The molecule has 2 amide bonds. The molecule has 6 nitrogen and oxygen atoms in total. The van der Waals surface area contributed by atoms with E-state index in [0.29, 0.717) is 0 Å². The van der Waals surface area contributed by atoms with Crippen LogP contribution in [0.4, 0.5) is 4.39 Å². The third kappa shape index (κ3) is 3.52. The summed E-state index contributed by atoms with van der Waals surface area (Å²) < 4.78 is 18.1. The third-order valence-corrected chi connectivity index (χ3v) is 4.00. The molecular weight excluding hydrogens is 353 g/mol. The minimum absolute atomic E-state index is 0.0300. The van der Waals surface area contributed by atoms with Crippen LogP contribution in [0.3, 0.4) is 0 Å². The molecule has 1 aliphatic rings. The lowest BCUT2D eigenvalue weighted by atomic mass is 10.1. The quantitative estimate of drug-likeness (QED) is 0.339. The van der Waals surface area contributed by atoms with E-state index in [0.717, 1.165) is 11.0 Å². The molecule has 2 aromatic carbocycles. The predicted molar refractivity (Wildman–Crippen MR) is 93.0 cm³/mol. The van der Waals surface area contributed by atoms with Gasteiger partial charge < -0.3 is 4.74 Å². The Bertz CT molecular complexity index is 982. The lowest BCUT2D eigenvalue weighted by Gasteiger charge is -2.09. The van der Waals surface area contributed by atoms with Gasteiger partial charge in [0.1, 0.15) is 5.82 Å². The molecule has 0 bridgehead atoms. The maximum absolute atomic E-state index is 13.1. The van der Waals surface area contributed by atoms with Gasteiger partial charge in [-0.15, -0.1) is 6.58 Å². The lowest BCUT2D eigenvalue weighted by molar-refractivity contribution is 0.0474. The molecule has 0 N–H and O–H groups in total. The van der Waals surface area contributed by atoms with Gasteiger partial charge in [0, 0.05) is 12.1 Å². The van der Waals surface area contributed by atoms with Crippen molar-refractivity contribution >= 4 is 23.6 Å². The minimum atomic E-state index is -0.829. The summed E-state index contributed by atoms with van der Waals surface area (Å²) in [6.45, 7) is 2.99. The topological polar surface area (TPSA) is 80.8 Å². The van der Waals surface area contributed by atoms with Crippen LogP contribution in [0.5, 0.6) is 0 Å². The molecule has 0 aromatic heterocycles. The van der Waals surface area contributed by atoms with Gasteiger partial charge in [0.2, 0.25) is 0 Å². The van der Waals surface area contributed by atoms with E-state index in [1.54, 1.807) is 0 Å². The summed E-state index contributed by atoms with van der Waals surface area (Å²) in [6.07, 6.45) is 1.43. The molecule has 27 heavy (non-hydrogen) atoms. The molecule has 1 heterocycles. The summed E-state index contributed by atoms with van der Waals surface area (Å²) in [5.41, 5.74) is 0.391. The second-order valence-electron chi connectivity index (χ2n) is 5.78. The van der Waals surface area contributed by atoms with Gasteiger partial charge in [0.25, 0.3) is 11.8 Å². The number of amides is 2. The van der Waals surface area contributed by atoms with Crippen LogP contribution in [-0.4, -0.2) is 41.6 Å². The monoisotopic (exact) mass is 367 g/mol. The summed E-state index contributed by atoms with van der Waals surface area (Å²) in [5, 5.41) is 0. The van der Waals surface area contributed by atoms with E-state index >= 15 is 0 Å². The molecule has 0 aliphatic carbocycles. The molecule has 0 spiro atoms. The first-order valence-electron chi connectivity index (χ1n) is 7.99. The summed E-state index contributed by atoms with van der Waals surface area (Å²) in [7, 11) is 0. The zero-order valence-corrected chi connectivity index (χ0v) is 14.1. The van der Waals surface area contributed by atoms with Crippen molar-refractivity contribution in [2.45, 2.75) is 0 Å². The van der Waals surface area contributed by atoms with Gasteiger partial charge >= 0.3 is 5.97 Å². The van der Waals surface area contributed by atoms with Crippen molar-refractivity contribution in [1.82, 2.24) is 4.90 Å². The van der Waals surface area contributed by atoms with Crippen molar-refractivity contribution in [3.63, 3.8) is 0 Å². The van der Waals surface area contributed by atoms with Crippen molar-refractivity contribution < 1.29 is 28.3 Å². The Labute approximate surface area is 153 Å². The number of rotatable bonds is 6. The molecule has 136 valence electrons. The number of ether oxygens (including phenoxy) is 1. The highest BCUT2D eigenvalue weighted by molar-refractivity contribution is 6.22. The largest absolute Gasteiger partial charge is 0.454 e. The molecule has 0 unspecified atom stereocenters. The molecule has 1 aliphatic heterocycles. The maximum Gasteiger partial charge on any atom is 0.338 e. The molecule has 7 heteroatoms. The first-order valence-corrected chi connectivity index (χ1v) is 7.99. The van der Waals surface area contributed by atoms with E-state index in [9.17, 15) is 23.6 Å². The average Bonchev–Trinajstić information content (AvgIpc) is 2.90. The number of fused-ring (bicyclic) bond motifs is 1. The van der Waals surface area contributed by atoms with Gasteiger partial charge in [-0.1, -0.05) is 18.2 Å². The number of Topliss-reactive ketones (excluding diaryl/α,β-unsaturated/α-hetero) is 1. The number of imide groups is 1. The fourth-order valence-corrected chi connectivity index (χ4v) is 2.67. The van der Waals surface area contributed by atoms with Crippen LogP contribution >= 0.6 is 0 Å². The predicted octanol–water partition coefficient (Wildman–Crippen LogP) is 2.65. The Morgan fingerprint density at radius 3 is 2.48 bits per heavy atom. The van der Waals surface area contributed by atoms with Gasteiger partial charge in [0.15, 0.2) is 12.4 Å². The van der Waals surface area contributed by atoms with Crippen LogP contribution in [-0.2, 0) is 4.74 Å². The Hall–Kier alpha value is -3.61. The number of nitrogens with zero attached hydrogens (tertiary/aromatic N) is 1. The van der Waals surface area contributed by atoms with Gasteiger partial charge in [-0.3, -0.25) is 19.3 Å². The SMILES string of the molecule is C=CCN1C(=O)c2ccc(C(=O)OCC(=O)c3cccc(F)c3)cc2C1=O. The maximum atomic E-state index is 13.1. The Balaban J connectivity index is 1.72. The summed E-state index contributed by atoms with van der Waals surface area (Å²) >= 11 is 0. The Morgan fingerprint density at radius 2 is 1.78 bits per heavy atom. The van der Waals surface area contributed by atoms with Crippen molar-refractivity contribution in [3.05, 3.63) is 83.2 Å². The summed E-state index contributed by atoms with van der Waals surface area (Å²) in [6, 6.07) is 8.99. The van der Waals surface area contributed by atoms with E-state index in [1.807, 2.05) is 0 Å². The Morgan fingerprint density at radius 1 is 1.04 bits per heavy atom. The average molecular weight is 367 g/mol.